The average molecular weight is 277 g/mol. The van der Waals surface area contributed by atoms with Crippen molar-refractivity contribution >= 4 is 5.97 Å². The van der Waals surface area contributed by atoms with Gasteiger partial charge in [-0.05, 0) is 43.7 Å². The molecule has 2 atom stereocenters. The van der Waals surface area contributed by atoms with E-state index < -0.39 is 5.97 Å². The summed E-state index contributed by atoms with van der Waals surface area (Å²) in [6.07, 6.45) is 1.98. The molecule has 0 aromatic heterocycles. The fourth-order valence-electron chi connectivity index (χ4n) is 2.36. The van der Waals surface area contributed by atoms with Crippen LogP contribution in [0.25, 0.3) is 0 Å². The summed E-state index contributed by atoms with van der Waals surface area (Å²) in [6, 6.07) is 9.16. The summed E-state index contributed by atoms with van der Waals surface area (Å²) in [5.74, 6) is -0.0585. The molecular weight excluding hydrogens is 250 g/mol. The van der Waals surface area contributed by atoms with E-state index in [1.165, 1.54) is 11.1 Å². The molecule has 0 bridgehead atoms. The summed E-state index contributed by atoms with van der Waals surface area (Å²) in [7, 11) is 0. The molecule has 20 heavy (non-hydrogen) atoms. The molecule has 0 radical (unpaired) electrons. The van der Waals surface area contributed by atoms with Crippen LogP contribution in [0.2, 0.25) is 0 Å². The zero-order chi connectivity index (χ0) is 15.1. The third-order valence-corrected chi connectivity index (χ3v) is 3.45. The molecule has 3 nitrogen and oxygen atoms in total. The van der Waals surface area contributed by atoms with Crippen molar-refractivity contribution in [1.82, 2.24) is 5.32 Å². The molecule has 0 saturated heterocycles. The second kappa shape index (κ2) is 8.05. The Labute approximate surface area is 122 Å². The SMILES string of the molecule is CC(C)Cc1ccc(C(C)NC(C)CCC(=O)O)cc1. The maximum Gasteiger partial charge on any atom is 0.303 e. The van der Waals surface area contributed by atoms with Gasteiger partial charge in [0.05, 0.1) is 0 Å². The van der Waals surface area contributed by atoms with E-state index in [2.05, 4.69) is 50.4 Å². The highest BCUT2D eigenvalue weighted by Gasteiger charge is 2.11. The third-order valence-electron chi connectivity index (χ3n) is 3.45. The number of hydrogen-bond donors (Lipinski definition) is 2. The van der Waals surface area contributed by atoms with Crippen LogP contribution in [0.3, 0.4) is 0 Å². The largest absolute Gasteiger partial charge is 0.481 e. The van der Waals surface area contributed by atoms with E-state index in [0.29, 0.717) is 12.3 Å². The van der Waals surface area contributed by atoms with Crippen LogP contribution in [0.5, 0.6) is 0 Å². The number of hydrogen-bond acceptors (Lipinski definition) is 2. The first-order valence-corrected chi connectivity index (χ1v) is 7.45. The van der Waals surface area contributed by atoms with Gasteiger partial charge in [-0.3, -0.25) is 4.79 Å². The molecule has 2 unspecified atom stereocenters. The molecule has 0 saturated carbocycles. The third kappa shape index (κ3) is 6.20. The van der Waals surface area contributed by atoms with Crippen molar-refractivity contribution in [2.24, 2.45) is 5.92 Å². The van der Waals surface area contributed by atoms with Gasteiger partial charge in [0.15, 0.2) is 0 Å². The zero-order valence-corrected chi connectivity index (χ0v) is 13.0. The number of nitrogens with one attached hydrogen (secondary N) is 1. The maximum atomic E-state index is 10.6. The second-order valence-electron chi connectivity index (χ2n) is 6.06. The highest BCUT2D eigenvalue weighted by molar-refractivity contribution is 5.66. The van der Waals surface area contributed by atoms with Gasteiger partial charge in [0, 0.05) is 18.5 Å². The summed E-state index contributed by atoms with van der Waals surface area (Å²) in [6.45, 7) is 8.60. The van der Waals surface area contributed by atoms with Gasteiger partial charge in [0.1, 0.15) is 0 Å². The van der Waals surface area contributed by atoms with Gasteiger partial charge in [-0.15, -0.1) is 0 Å². The van der Waals surface area contributed by atoms with Crippen molar-refractivity contribution in [1.29, 1.82) is 0 Å². The molecular formula is C17H27NO2. The highest BCUT2D eigenvalue weighted by Crippen LogP contribution is 2.16. The molecule has 1 aromatic rings. The molecule has 1 rings (SSSR count). The number of rotatable bonds is 8. The molecule has 112 valence electrons. The van der Waals surface area contributed by atoms with Crippen LogP contribution >= 0.6 is 0 Å². The van der Waals surface area contributed by atoms with Crippen molar-refractivity contribution < 1.29 is 9.90 Å². The minimum Gasteiger partial charge on any atom is -0.481 e. The molecule has 0 heterocycles. The molecule has 3 heteroatoms. The Balaban J connectivity index is 2.50. The van der Waals surface area contributed by atoms with Crippen LogP contribution in [0, 0.1) is 5.92 Å². The Morgan fingerprint density at radius 1 is 1.15 bits per heavy atom. The normalized spacial score (nSPS) is 14.2. The second-order valence-corrected chi connectivity index (χ2v) is 6.06. The number of carboxylic acids is 1. The molecule has 0 spiro atoms. The summed E-state index contributed by atoms with van der Waals surface area (Å²) in [5.41, 5.74) is 2.62. The lowest BCUT2D eigenvalue weighted by Gasteiger charge is -2.20. The Morgan fingerprint density at radius 3 is 2.25 bits per heavy atom. The van der Waals surface area contributed by atoms with Crippen LogP contribution in [-0.2, 0) is 11.2 Å². The predicted octanol–water partition coefficient (Wildman–Crippen LogP) is 3.79. The molecule has 0 amide bonds. The monoisotopic (exact) mass is 277 g/mol. The number of carboxylic acid groups (broad SMARTS) is 1. The first kappa shape index (κ1) is 16.7. The molecule has 0 fully saturated rings. The first-order valence-electron chi connectivity index (χ1n) is 7.45. The Morgan fingerprint density at radius 2 is 1.75 bits per heavy atom. The van der Waals surface area contributed by atoms with Gasteiger partial charge < -0.3 is 10.4 Å². The summed E-state index contributed by atoms with van der Waals surface area (Å²) in [5, 5.41) is 12.1. The fraction of sp³-hybridized carbons (Fsp3) is 0.588. The first-order chi connectivity index (χ1) is 9.38. The lowest BCUT2D eigenvalue weighted by Crippen LogP contribution is -2.29. The van der Waals surface area contributed by atoms with Crippen LogP contribution in [-0.4, -0.2) is 17.1 Å². The smallest absolute Gasteiger partial charge is 0.303 e. The number of aliphatic carboxylic acids is 1. The van der Waals surface area contributed by atoms with E-state index in [-0.39, 0.29) is 18.5 Å². The van der Waals surface area contributed by atoms with Gasteiger partial charge in [-0.25, -0.2) is 0 Å². The molecule has 2 N–H and O–H groups in total. The molecule has 1 aromatic carbocycles. The average Bonchev–Trinajstić information content (AvgIpc) is 2.36. The molecule has 0 aliphatic carbocycles. The predicted molar refractivity (Wildman–Crippen MR) is 82.9 cm³/mol. The molecule has 0 aliphatic heterocycles. The van der Waals surface area contributed by atoms with Crippen LogP contribution < -0.4 is 5.32 Å². The quantitative estimate of drug-likeness (QED) is 0.760. The van der Waals surface area contributed by atoms with Crippen LogP contribution in [0.1, 0.15) is 57.7 Å². The Bertz CT molecular complexity index is 412. The minimum atomic E-state index is -0.732. The van der Waals surface area contributed by atoms with E-state index in [1.807, 2.05) is 6.92 Å². The lowest BCUT2D eigenvalue weighted by atomic mass is 9.99. The van der Waals surface area contributed by atoms with Crippen molar-refractivity contribution in [3.63, 3.8) is 0 Å². The van der Waals surface area contributed by atoms with Crippen molar-refractivity contribution in [3.05, 3.63) is 35.4 Å². The van der Waals surface area contributed by atoms with Crippen molar-refractivity contribution in [2.75, 3.05) is 0 Å². The van der Waals surface area contributed by atoms with E-state index in [0.717, 1.165) is 6.42 Å². The maximum absolute atomic E-state index is 10.6. The summed E-state index contributed by atoms with van der Waals surface area (Å²) in [4.78, 5) is 10.6. The minimum absolute atomic E-state index is 0.205. The number of carbonyl (C=O) groups is 1. The van der Waals surface area contributed by atoms with Gasteiger partial charge in [0.25, 0.3) is 0 Å². The van der Waals surface area contributed by atoms with E-state index in [1.54, 1.807) is 0 Å². The standard InChI is InChI=1S/C17H27NO2/c1-12(2)11-15-6-8-16(9-7-15)14(4)18-13(3)5-10-17(19)20/h6-9,12-14,18H,5,10-11H2,1-4H3,(H,19,20). The Hall–Kier alpha value is -1.35. The van der Waals surface area contributed by atoms with Gasteiger partial charge in [0.2, 0.25) is 0 Å². The van der Waals surface area contributed by atoms with Crippen molar-refractivity contribution in [3.8, 4) is 0 Å². The number of benzene rings is 1. The van der Waals surface area contributed by atoms with E-state index in [4.69, 9.17) is 5.11 Å². The lowest BCUT2D eigenvalue weighted by molar-refractivity contribution is -0.137. The van der Waals surface area contributed by atoms with Gasteiger partial charge in [-0.1, -0.05) is 38.1 Å². The molecule has 0 aliphatic rings. The topological polar surface area (TPSA) is 49.3 Å². The van der Waals surface area contributed by atoms with Crippen LogP contribution in [0.4, 0.5) is 0 Å². The van der Waals surface area contributed by atoms with Crippen LogP contribution in [0.15, 0.2) is 24.3 Å². The fourth-order valence-corrected chi connectivity index (χ4v) is 2.36. The highest BCUT2D eigenvalue weighted by atomic mass is 16.4. The Kier molecular flexibility index (Phi) is 6.73. The summed E-state index contributed by atoms with van der Waals surface area (Å²) < 4.78 is 0. The summed E-state index contributed by atoms with van der Waals surface area (Å²) >= 11 is 0. The zero-order valence-electron chi connectivity index (χ0n) is 13.0. The van der Waals surface area contributed by atoms with Crippen molar-refractivity contribution in [2.45, 2.75) is 59.0 Å². The van der Waals surface area contributed by atoms with E-state index >= 15 is 0 Å². The van der Waals surface area contributed by atoms with E-state index in [9.17, 15) is 4.79 Å². The van der Waals surface area contributed by atoms with Gasteiger partial charge >= 0.3 is 5.97 Å². The van der Waals surface area contributed by atoms with Gasteiger partial charge in [-0.2, -0.15) is 0 Å².